The summed E-state index contributed by atoms with van der Waals surface area (Å²) in [6.07, 6.45) is 3.71. The van der Waals surface area contributed by atoms with Crippen LogP contribution in [0.5, 0.6) is 0 Å². The minimum Gasteiger partial charge on any atom is -0.458 e. The maximum atomic E-state index is 11.5. The topological polar surface area (TPSA) is 59.5 Å². The highest BCUT2D eigenvalue weighted by atomic mass is 16.3. The van der Waals surface area contributed by atoms with Crippen LogP contribution in [0.2, 0.25) is 0 Å². The van der Waals surface area contributed by atoms with Crippen LogP contribution >= 0.6 is 0 Å². The summed E-state index contributed by atoms with van der Waals surface area (Å²) < 4.78 is 5.80. The van der Waals surface area contributed by atoms with Crippen LogP contribution in [-0.4, -0.2) is 19.0 Å². The summed E-state index contributed by atoms with van der Waals surface area (Å²) in [5.74, 6) is 0.426. The summed E-state index contributed by atoms with van der Waals surface area (Å²) in [6, 6.07) is 5.58. The maximum Gasteiger partial charge on any atom is 0.252 e. The van der Waals surface area contributed by atoms with Crippen LogP contribution in [0.3, 0.4) is 0 Å². The summed E-state index contributed by atoms with van der Waals surface area (Å²) in [7, 11) is 0. The molecule has 1 aliphatic rings. The zero-order valence-corrected chi connectivity index (χ0v) is 11.1. The summed E-state index contributed by atoms with van der Waals surface area (Å²) in [5.41, 5.74) is 7.61. The molecule has 0 saturated carbocycles. The molecule has 19 heavy (non-hydrogen) atoms. The number of amides is 1. The number of piperidine rings is 1. The number of benzene rings is 1. The third-order valence-electron chi connectivity index (χ3n) is 3.80. The van der Waals surface area contributed by atoms with Crippen LogP contribution in [0, 0.1) is 6.92 Å². The Morgan fingerprint density at radius 3 is 2.68 bits per heavy atom. The van der Waals surface area contributed by atoms with Crippen molar-refractivity contribution in [1.29, 1.82) is 0 Å². The minimum absolute atomic E-state index is 0.440. The summed E-state index contributed by atoms with van der Waals surface area (Å²) in [6.45, 7) is 4.06. The molecule has 2 heterocycles. The molecule has 1 fully saturated rings. The molecule has 0 bridgehead atoms. The average molecular weight is 258 g/mol. The second kappa shape index (κ2) is 4.61. The van der Waals surface area contributed by atoms with E-state index in [1.54, 1.807) is 6.07 Å². The first-order valence-corrected chi connectivity index (χ1v) is 6.75. The maximum absolute atomic E-state index is 11.5. The van der Waals surface area contributed by atoms with E-state index in [-0.39, 0.29) is 0 Å². The summed E-state index contributed by atoms with van der Waals surface area (Å²) in [5, 5.41) is 0.996. The van der Waals surface area contributed by atoms with Gasteiger partial charge in [0.25, 0.3) is 5.91 Å². The SMILES string of the molecule is Cc1oc2c(C(N)=O)cccc2c1N1CCCCC1. The van der Waals surface area contributed by atoms with E-state index in [0.29, 0.717) is 11.1 Å². The Morgan fingerprint density at radius 1 is 1.26 bits per heavy atom. The molecule has 1 aromatic carbocycles. The van der Waals surface area contributed by atoms with Crippen molar-refractivity contribution >= 4 is 22.6 Å². The second-order valence-electron chi connectivity index (χ2n) is 5.10. The highest BCUT2D eigenvalue weighted by Gasteiger charge is 2.21. The Morgan fingerprint density at radius 2 is 2.00 bits per heavy atom. The van der Waals surface area contributed by atoms with Gasteiger partial charge in [0.05, 0.1) is 11.3 Å². The number of carbonyl (C=O) groups is 1. The molecular formula is C15H18N2O2. The van der Waals surface area contributed by atoms with Gasteiger partial charge in [0, 0.05) is 18.5 Å². The third kappa shape index (κ3) is 1.97. The molecule has 1 saturated heterocycles. The number of hydrogen-bond acceptors (Lipinski definition) is 3. The van der Waals surface area contributed by atoms with E-state index in [0.717, 1.165) is 29.9 Å². The lowest BCUT2D eigenvalue weighted by molar-refractivity contribution is 0.100. The third-order valence-corrected chi connectivity index (χ3v) is 3.80. The molecule has 0 spiro atoms. The van der Waals surface area contributed by atoms with E-state index in [1.807, 2.05) is 19.1 Å². The number of hydrogen-bond donors (Lipinski definition) is 1. The molecule has 0 aliphatic carbocycles. The second-order valence-corrected chi connectivity index (χ2v) is 5.10. The fraction of sp³-hybridized carbons (Fsp3) is 0.400. The van der Waals surface area contributed by atoms with E-state index in [1.165, 1.54) is 19.3 Å². The van der Waals surface area contributed by atoms with E-state index in [2.05, 4.69) is 4.90 Å². The van der Waals surface area contributed by atoms with Gasteiger partial charge >= 0.3 is 0 Å². The van der Waals surface area contributed by atoms with Gasteiger partial charge in [-0.15, -0.1) is 0 Å². The van der Waals surface area contributed by atoms with Crippen LogP contribution in [-0.2, 0) is 0 Å². The molecule has 2 aromatic rings. The number of furan rings is 1. The van der Waals surface area contributed by atoms with Gasteiger partial charge in [-0.25, -0.2) is 0 Å². The predicted molar refractivity (Wildman–Crippen MR) is 75.5 cm³/mol. The number of para-hydroxylation sites is 1. The van der Waals surface area contributed by atoms with Crippen molar-refractivity contribution in [2.75, 3.05) is 18.0 Å². The lowest BCUT2D eigenvalue weighted by Crippen LogP contribution is -2.29. The van der Waals surface area contributed by atoms with Crippen LogP contribution in [0.25, 0.3) is 11.0 Å². The number of rotatable bonds is 2. The number of primary amides is 1. The van der Waals surface area contributed by atoms with E-state index < -0.39 is 5.91 Å². The molecule has 0 unspecified atom stereocenters. The van der Waals surface area contributed by atoms with Gasteiger partial charge in [0.2, 0.25) is 0 Å². The fourth-order valence-corrected chi connectivity index (χ4v) is 2.93. The smallest absolute Gasteiger partial charge is 0.252 e. The first kappa shape index (κ1) is 12.1. The predicted octanol–water partition coefficient (Wildman–Crippen LogP) is 2.83. The molecule has 1 aromatic heterocycles. The number of anilines is 1. The Kier molecular flexibility index (Phi) is 2.93. The van der Waals surface area contributed by atoms with Crippen molar-refractivity contribution in [2.24, 2.45) is 5.73 Å². The number of fused-ring (bicyclic) bond motifs is 1. The van der Waals surface area contributed by atoms with Gasteiger partial charge in [-0.1, -0.05) is 6.07 Å². The molecule has 4 nitrogen and oxygen atoms in total. The molecule has 4 heteroatoms. The van der Waals surface area contributed by atoms with Crippen LogP contribution < -0.4 is 10.6 Å². The number of carbonyl (C=O) groups excluding carboxylic acids is 1. The molecule has 1 aliphatic heterocycles. The van der Waals surface area contributed by atoms with Crippen LogP contribution in [0.4, 0.5) is 5.69 Å². The van der Waals surface area contributed by atoms with Crippen LogP contribution in [0.1, 0.15) is 35.4 Å². The van der Waals surface area contributed by atoms with Crippen molar-refractivity contribution in [3.05, 3.63) is 29.5 Å². The van der Waals surface area contributed by atoms with Crippen molar-refractivity contribution < 1.29 is 9.21 Å². The summed E-state index contributed by atoms with van der Waals surface area (Å²) >= 11 is 0. The molecule has 2 N–H and O–H groups in total. The molecular weight excluding hydrogens is 240 g/mol. The first-order valence-electron chi connectivity index (χ1n) is 6.75. The standard InChI is InChI=1S/C15H18N2O2/c1-10-13(17-8-3-2-4-9-17)11-6-5-7-12(15(16)18)14(11)19-10/h5-7H,2-4,8-9H2,1H3,(H2,16,18). The van der Waals surface area contributed by atoms with Gasteiger partial charge in [-0.3, -0.25) is 4.79 Å². The van der Waals surface area contributed by atoms with Gasteiger partial charge in [-0.2, -0.15) is 0 Å². The van der Waals surface area contributed by atoms with Crippen molar-refractivity contribution in [1.82, 2.24) is 0 Å². The highest BCUT2D eigenvalue weighted by molar-refractivity contribution is 6.07. The van der Waals surface area contributed by atoms with E-state index in [4.69, 9.17) is 10.2 Å². The van der Waals surface area contributed by atoms with Gasteiger partial charge < -0.3 is 15.1 Å². The monoisotopic (exact) mass is 258 g/mol. The van der Waals surface area contributed by atoms with E-state index >= 15 is 0 Å². The number of aryl methyl sites for hydroxylation is 1. The van der Waals surface area contributed by atoms with Crippen molar-refractivity contribution in [3.63, 3.8) is 0 Å². The lowest BCUT2D eigenvalue weighted by Gasteiger charge is -2.28. The minimum atomic E-state index is -0.440. The Hall–Kier alpha value is -1.97. The number of nitrogens with two attached hydrogens (primary N) is 1. The van der Waals surface area contributed by atoms with Gasteiger partial charge in [0.1, 0.15) is 11.3 Å². The largest absolute Gasteiger partial charge is 0.458 e. The fourth-order valence-electron chi connectivity index (χ4n) is 2.93. The molecule has 0 radical (unpaired) electrons. The van der Waals surface area contributed by atoms with Gasteiger partial charge in [0.15, 0.2) is 0 Å². The number of nitrogens with zero attached hydrogens (tertiary/aromatic N) is 1. The summed E-state index contributed by atoms with van der Waals surface area (Å²) in [4.78, 5) is 13.8. The normalized spacial score (nSPS) is 15.9. The highest BCUT2D eigenvalue weighted by Crippen LogP contribution is 2.36. The molecule has 1 amide bonds. The zero-order chi connectivity index (χ0) is 13.4. The first-order chi connectivity index (χ1) is 9.18. The Labute approximate surface area is 112 Å². The Bertz CT molecular complexity index is 624. The zero-order valence-electron chi connectivity index (χ0n) is 11.1. The Balaban J connectivity index is 2.17. The molecule has 0 atom stereocenters. The lowest BCUT2D eigenvalue weighted by atomic mass is 10.1. The van der Waals surface area contributed by atoms with Gasteiger partial charge in [-0.05, 0) is 38.3 Å². The van der Waals surface area contributed by atoms with Crippen LogP contribution in [0.15, 0.2) is 22.6 Å². The molecule has 100 valence electrons. The van der Waals surface area contributed by atoms with Crippen molar-refractivity contribution in [3.8, 4) is 0 Å². The van der Waals surface area contributed by atoms with E-state index in [9.17, 15) is 4.79 Å². The van der Waals surface area contributed by atoms with Crippen molar-refractivity contribution in [2.45, 2.75) is 26.2 Å². The molecule has 3 rings (SSSR count). The quantitative estimate of drug-likeness (QED) is 0.901. The average Bonchev–Trinajstić information content (AvgIpc) is 2.75.